The smallest absolute Gasteiger partial charge is 0.341 e. The molecule has 0 bridgehead atoms. The maximum atomic E-state index is 13.3. The van der Waals surface area contributed by atoms with Crippen LogP contribution >= 0.6 is 11.6 Å². The Morgan fingerprint density at radius 3 is 2.41 bits per heavy atom. The van der Waals surface area contributed by atoms with Crippen molar-refractivity contribution in [1.82, 2.24) is 19.3 Å². The lowest BCUT2D eigenvalue weighted by Crippen LogP contribution is -2.48. The Hall–Kier alpha value is -3.80. The molecule has 0 atom stereocenters. The fourth-order valence-corrected chi connectivity index (χ4v) is 5.74. The summed E-state index contributed by atoms with van der Waals surface area (Å²) in [5, 5.41) is 8.07. The normalized spacial score (nSPS) is 14.6. The number of fused-ring (bicyclic) bond motifs is 1. The van der Waals surface area contributed by atoms with Gasteiger partial charge in [0, 0.05) is 31.9 Å². The van der Waals surface area contributed by atoms with Crippen LogP contribution in [0, 0.1) is 0 Å². The van der Waals surface area contributed by atoms with Crippen LogP contribution in [0.3, 0.4) is 0 Å². The van der Waals surface area contributed by atoms with Crippen molar-refractivity contribution in [2.75, 3.05) is 31.1 Å². The number of piperazine rings is 1. The van der Waals surface area contributed by atoms with Crippen molar-refractivity contribution in [2.24, 2.45) is 0 Å². The topological polar surface area (TPSA) is 115 Å². The molecule has 1 aliphatic rings. The Bertz CT molecular complexity index is 1620. The van der Waals surface area contributed by atoms with E-state index in [1.165, 1.54) is 22.5 Å². The van der Waals surface area contributed by atoms with Crippen LogP contribution < -0.4 is 10.5 Å². The van der Waals surface area contributed by atoms with Gasteiger partial charge in [-0.25, -0.2) is 13.2 Å². The SMILES string of the molecule is O=C(OCn1nnc2ccccc2c1=O)c1cc(S(=O)(=O)N2CCN(c3ccccc3)CC2)ccc1Cl. The van der Waals surface area contributed by atoms with E-state index in [-0.39, 0.29) is 15.5 Å². The molecule has 190 valence electrons. The highest BCUT2D eigenvalue weighted by Crippen LogP contribution is 2.25. The number of anilines is 1. The maximum absolute atomic E-state index is 13.3. The van der Waals surface area contributed by atoms with Crippen molar-refractivity contribution in [1.29, 1.82) is 0 Å². The van der Waals surface area contributed by atoms with Crippen LogP contribution in [0.4, 0.5) is 5.69 Å². The van der Waals surface area contributed by atoms with Gasteiger partial charge in [0.2, 0.25) is 10.0 Å². The van der Waals surface area contributed by atoms with E-state index in [0.717, 1.165) is 10.4 Å². The second-order valence-electron chi connectivity index (χ2n) is 8.34. The number of hydrogen-bond donors (Lipinski definition) is 0. The van der Waals surface area contributed by atoms with Gasteiger partial charge in [-0.1, -0.05) is 47.1 Å². The van der Waals surface area contributed by atoms with Crippen LogP contribution in [0.25, 0.3) is 10.9 Å². The van der Waals surface area contributed by atoms with E-state index in [0.29, 0.717) is 37.1 Å². The number of nitrogens with zero attached hydrogens (tertiary/aromatic N) is 5. The van der Waals surface area contributed by atoms with Gasteiger partial charge in [-0.3, -0.25) is 4.79 Å². The minimum atomic E-state index is -3.88. The fraction of sp³-hybridized carbons (Fsp3) is 0.200. The predicted octanol–water partition coefficient (Wildman–Crippen LogP) is 2.77. The Kier molecular flexibility index (Phi) is 6.92. The quantitative estimate of drug-likeness (QED) is 0.344. The van der Waals surface area contributed by atoms with Crippen molar-refractivity contribution in [3.63, 3.8) is 0 Å². The van der Waals surface area contributed by atoms with E-state index in [2.05, 4.69) is 15.2 Å². The van der Waals surface area contributed by atoms with Gasteiger partial charge < -0.3 is 9.64 Å². The Labute approximate surface area is 217 Å². The fourth-order valence-electron chi connectivity index (χ4n) is 4.10. The summed E-state index contributed by atoms with van der Waals surface area (Å²) >= 11 is 6.19. The van der Waals surface area contributed by atoms with Crippen molar-refractivity contribution in [3.8, 4) is 0 Å². The highest BCUT2D eigenvalue weighted by molar-refractivity contribution is 7.89. The number of hydrogen-bond acceptors (Lipinski definition) is 8. The molecule has 1 aromatic heterocycles. The Balaban J connectivity index is 1.30. The lowest BCUT2D eigenvalue weighted by atomic mass is 10.2. The van der Waals surface area contributed by atoms with Gasteiger partial charge in [0.05, 0.1) is 20.9 Å². The van der Waals surface area contributed by atoms with Crippen molar-refractivity contribution < 1.29 is 17.9 Å². The molecule has 2 heterocycles. The molecule has 1 saturated heterocycles. The number of para-hydroxylation sites is 1. The molecule has 0 radical (unpaired) electrons. The predicted molar refractivity (Wildman–Crippen MR) is 138 cm³/mol. The maximum Gasteiger partial charge on any atom is 0.341 e. The van der Waals surface area contributed by atoms with Crippen LogP contribution in [-0.2, 0) is 21.5 Å². The van der Waals surface area contributed by atoms with Crippen LogP contribution in [0.15, 0.2) is 82.5 Å². The molecule has 37 heavy (non-hydrogen) atoms. The number of aromatic nitrogens is 3. The molecule has 0 unspecified atom stereocenters. The van der Waals surface area contributed by atoms with Gasteiger partial charge >= 0.3 is 5.97 Å². The molecular formula is C25H22ClN5O5S. The molecule has 1 aliphatic heterocycles. The zero-order valence-electron chi connectivity index (χ0n) is 19.5. The monoisotopic (exact) mass is 539 g/mol. The number of sulfonamides is 1. The first-order valence-corrected chi connectivity index (χ1v) is 13.3. The zero-order chi connectivity index (χ0) is 26.0. The first-order valence-electron chi connectivity index (χ1n) is 11.4. The average molecular weight is 540 g/mol. The summed E-state index contributed by atoms with van der Waals surface area (Å²) in [7, 11) is -3.88. The molecule has 1 fully saturated rings. The van der Waals surface area contributed by atoms with Crippen LogP contribution in [0.1, 0.15) is 10.4 Å². The number of rotatable bonds is 6. The van der Waals surface area contributed by atoms with Gasteiger partial charge in [0.1, 0.15) is 5.52 Å². The first-order chi connectivity index (χ1) is 17.8. The van der Waals surface area contributed by atoms with E-state index >= 15 is 0 Å². The minimum absolute atomic E-state index is 0.0230. The molecule has 3 aromatic carbocycles. The van der Waals surface area contributed by atoms with E-state index in [4.69, 9.17) is 16.3 Å². The molecular weight excluding hydrogens is 518 g/mol. The van der Waals surface area contributed by atoms with Gasteiger partial charge in [-0.2, -0.15) is 8.99 Å². The second-order valence-corrected chi connectivity index (χ2v) is 10.7. The number of carbonyl (C=O) groups is 1. The molecule has 10 nitrogen and oxygen atoms in total. The van der Waals surface area contributed by atoms with Crippen LogP contribution in [0.5, 0.6) is 0 Å². The molecule has 0 aliphatic carbocycles. The molecule has 0 amide bonds. The standard InChI is InChI=1S/C25H22ClN5O5S/c26-22-11-10-19(37(34,35)30-14-12-29(13-15-30)18-6-2-1-3-7-18)16-21(22)25(33)36-17-31-24(32)20-8-4-5-9-23(20)27-28-31/h1-11,16H,12-15,17H2. The lowest BCUT2D eigenvalue weighted by Gasteiger charge is -2.35. The number of halogens is 1. The van der Waals surface area contributed by atoms with E-state index in [1.54, 1.807) is 24.3 Å². The van der Waals surface area contributed by atoms with E-state index in [1.807, 2.05) is 30.3 Å². The summed E-state index contributed by atoms with van der Waals surface area (Å²) in [6.07, 6.45) is 0. The Morgan fingerprint density at radius 1 is 0.946 bits per heavy atom. The molecule has 5 rings (SSSR count). The van der Waals surface area contributed by atoms with Gasteiger partial charge in [0.15, 0.2) is 6.73 Å². The molecule has 12 heteroatoms. The third-order valence-electron chi connectivity index (χ3n) is 6.10. The summed E-state index contributed by atoms with van der Waals surface area (Å²) < 4.78 is 34.1. The van der Waals surface area contributed by atoms with Crippen LogP contribution in [-0.4, -0.2) is 59.9 Å². The third kappa shape index (κ3) is 5.06. The number of esters is 1. The number of benzene rings is 3. The van der Waals surface area contributed by atoms with Gasteiger partial charge in [-0.05, 0) is 42.5 Å². The van der Waals surface area contributed by atoms with Crippen LogP contribution in [0.2, 0.25) is 5.02 Å². The van der Waals surface area contributed by atoms with Crippen molar-refractivity contribution >= 4 is 44.2 Å². The van der Waals surface area contributed by atoms with Gasteiger partial charge in [0.25, 0.3) is 5.56 Å². The summed E-state index contributed by atoms with van der Waals surface area (Å²) in [5.74, 6) is -0.891. The highest BCUT2D eigenvalue weighted by atomic mass is 35.5. The first kappa shape index (κ1) is 24.9. The van der Waals surface area contributed by atoms with Crippen molar-refractivity contribution in [2.45, 2.75) is 11.6 Å². The van der Waals surface area contributed by atoms with Crippen molar-refractivity contribution in [3.05, 3.63) is 93.7 Å². The number of ether oxygens (including phenoxy) is 1. The lowest BCUT2D eigenvalue weighted by molar-refractivity contribution is 0.0336. The van der Waals surface area contributed by atoms with Gasteiger partial charge in [-0.15, -0.1) is 5.10 Å². The molecule has 4 aromatic rings. The average Bonchev–Trinajstić information content (AvgIpc) is 2.93. The second kappa shape index (κ2) is 10.3. The summed E-state index contributed by atoms with van der Waals surface area (Å²) in [6.45, 7) is 1.15. The molecule has 0 N–H and O–H groups in total. The van der Waals surface area contributed by atoms with E-state index < -0.39 is 28.3 Å². The number of carbonyl (C=O) groups excluding carboxylic acids is 1. The largest absolute Gasteiger partial charge is 0.438 e. The zero-order valence-corrected chi connectivity index (χ0v) is 21.1. The Morgan fingerprint density at radius 2 is 1.65 bits per heavy atom. The minimum Gasteiger partial charge on any atom is -0.438 e. The third-order valence-corrected chi connectivity index (χ3v) is 8.33. The summed E-state index contributed by atoms with van der Waals surface area (Å²) in [5.41, 5.74) is 0.842. The molecule has 0 spiro atoms. The summed E-state index contributed by atoms with van der Waals surface area (Å²) in [6, 6.07) is 20.3. The van der Waals surface area contributed by atoms with E-state index in [9.17, 15) is 18.0 Å². The molecule has 0 saturated carbocycles. The highest BCUT2D eigenvalue weighted by Gasteiger charge is 2.30. The summed E-state index contributed by atoms with van der Waals surface area (Å²) in [4.78, 5) is 27.4.